The molecule has 1 saturated heterocycles. The van der Waals surface area contributed by atoms with E-state index in [0.29, 0.717) is 0 Å². The summed E-state index contributed by atoms with van der Waals surface area (Å²) in [4.78, 5) is 9.04. The van der Waals surface area contributed by atoms with Gasteiger partial charge in [0.15, 0.2) is 0 Å². The molecule has 18 heavy (non-hydrogen) atoms. The molecule has 1 aromatic heterocycles. The topological polar surface area (TPSA) is 48.8 Å². The van der Waals surface area contributed by atoms with Gasteiger partial charge in [0, 0.05) is 51.6 Å². The minimum Gasteiger partial charge on any atom is -0.497 e. The maximum Gasteiger partial charge on any atom is 0.132 e. The summed E-state index contributed by atoms with van der Waals surface area (Å²) >= 11 is 0. The Morgan fingerprint density at radius 1 is 1.33 bits per heavy atom. The molecule has 0 unspecified atom stereocenters. The number of aliphatic hydroxyl groups is 1. The number of hydrogen-bond donors (Lipinski definition) is 1. The Balaban J connectivity index is 1.88. The summed E-state index contributed by atoms with van der Waals surface area (Å²) in [6, 6.07) is 3.84. The molecule has 0 aliphatic carbocycles. The number of anilines is 1. The van der Waals surface area contributed by atoms with Crippen molar-refractivity contribution in [3.05, 3.63) is 18.3 Å². The largest absolute Gasteiger partial charge is 0.497 e. The third-order valence-corrected chi connectivity index (χ3v) is 3.28. The Labute approximate surface area is 108 Å². The van der Waals surface area contributed by atoms with Crippen molar-refractivity contribution in [1.82, 2.24) is 9.88 Å². The molecule has 0 amide bonds. The highest BCUT2D eigenvalue weighted by atomic mass is 16.5. The van der Waals surface area contributed by atoms with Crippen molar-refractivity contribution in [3.63, 3.8) is 0 Å². The molecule has 2 rings (SSSR count). The standard InChI is InChI=1S/C13H21N3O2/c1-18-12-3-4-14-13(11-12)16-8-6-15(7-9-16)5-2-10-17/h3-4,11,17H,2,5-10H2,1H3. The molecule has 1 aliphatic rings. The van der Waals surface area contributed by atoms with Crippen LogP contribution in [0.2, 0.25) is 0 Å². The monoisotopic (exact) mass is 251 g/mol. The minimum absolute atomic E-state index is 0.275. The SMILES string of the molecule is COc1ccnc(N2CCN(CCCO)CC2)c1. The molecule has 0 aromatic carbocycles. The Morgan fingerprint density at radius 3 is 2.78 bits per heavy atom. The van der Waals surface area contributed by atoms with Crippen molar-refractivity contribution >= 4 is 5.82 Å². The molecule has 0 bridgehead atoms. The highest BCUT2D eigenvalue weighted by Gasteiger charge is 2.17. The van der Waals surface area contributed by atoms with E-state index >= 15 is 0 Å². The van der Waals surface area contributed by atoms with Crippen LogP contribution in [0.4, 0.5) is 5.82 Å². The minimum atomic E-state index is 0.275. The number of aromatic nitrogens is 1. The van der Waals surface area contributed by atoms with Gasteiger partial charge in [-0.25, -0.2) is 4.98 Å². The van der Waals surface area contributed by atoms with Gasteiger partial charge in [-0.1, -0.05) is 0 Å². The molecule has 1 N–H and O–H groups in total. The van der Waals surface area contributed by atoms with Gasteiger partial charge >= 0.3 is 0 Å². The molecule has 0 radical (unpaired) electrons. The number of methoxy groups -OCH3 is 1. The van der Waals surface area contributed by atoms with Crippen LogP contribution in [0, 0.1) is 0 Å². The predicted octanol–water partition coefficient (Wildman–Crippen LogP) is 0.595. The van der Waals surface area contributed by atoms with Crippen molar-refractivity contribution in [3.8, 4) is 5.75 Å². The van der Waals surface area contributed by atoms with E-state index in [2.05, 4.69) is 14.8 Å². The first-order valence-electron chi connectivity index (χ1n) is 6.41. The van der Waals surface area contributed by atoms with E-state index in [1.165, 1.54) is 0 Å². The van der Waals surface area contributed by atoms with Crippen LogP contribution >= 0.6 is 0 Å². The van der Waals surface area contributed by atoms with Crippen molar-refractivity contribution in [2.45, 2.75) is 6.42 Å². The second-order valence-electron chi connectivity index (χ2n) is 4.46. The van der Waals surface area contributed by atoms with E-state index in [1.54, 1.807) is 13.3 Å². The van der Waals surface area contributed by atoms with Crippen LogP contribution in [0.1, 0.15) is 6.42 Å². The van der Waals surface area contributed by atoms with E-state index in [1.807, 2.05) is 12.1 Å². The van der Waals surface area contributed by atoms with Crippen LogP contribution in [-0.4, -0.2) is 61.4 Å². The summed E-state index contributed by atoms with van der Waals surface area (Å²) in [5, 5.41) is 8.82. The molecule has 2 heterocycles. The fourth-order valence-corrected chi connectivity index (χ4v) is 2.19. The predicted molar refractivity (Wildman–Crippen MR) is 71.1 cm³/mol. The molecule has 0 atom stereocenters. The van der Waals surface area contributed by atoms with Crippen LogP contribution in [0.5, 0.6) is 5.75 Å². The molecule has 100 valence electrons. The number of pyridine rings is 1. The van der Waals surface area contributed by atoms with Crippen molar-refractivity contribution in [2.24, 2.45) is 0 Å². The third kappa shape index (κ3) is 3.34. The van der Waals surface area contributed by atoms with Gasteiger partial charge in [-0.2, -0.15) is 0 Å². The molecule has 0 spiro atoms. The summed E-state index contributed by atoms with van der Waals surface area (Å²) < 4.78 is 5.22. The maximum absolute atomic E-state index is 8.82. The zero-order valence-electron chi connectivity index (χ0n) is 10.9. The molecule has 1 aromatic rings. The second-order valence-corrected chi connectivity index (χ2v) is 4.46. The maximum atomic E-state index is 8.82. The number of piperazine rings is 1. The number of aliphatic hydroxyl groups excluding tert-OH is 1. The van der Waals surface area contributed by atoms with Gasteiger partial charge in [-0.05, 0) is 12.5 Å². The van der Waals surface area contributed by atoms with Crippen molar-refractivity contribution < 1.29 is 9.84 Å². The summed E-state index contributed by atoms with van der Waals surface area (Å²) in [5.41, 5.74) is 0. The van der Waals surface area contributed by atoms with Gasteiger partial charge in [0.25, 0.3) is 0 Å². The molecule has 1 aliphatic heterocycles. The van der Waals surface area contributed by atoms with Crippen LogP contribution < -0.4 is 9.64 Å². The van der Waals surface area contributed by atoms with E-state index in [-0.39, 0.29) is 6.61 Å². The fraction of sp³-hybridized carbons (Fsp3) is 0.615. The lowest BCUT2D eigenvalue weighted by atomic mass is 10.3. The van der Waals surface area contributed by atoms with Crippen LogP contribution in [0.3, 0.4) is 0 Å². The zero-order valence-corrected chi connectivity index (χ0v) is 10.9. The first-order chi connectivity index (χ1) is 8.83. The number of ether oxygens (including phenoxy) is 1. The van der Waals surface area contributed by atoms with Gasteiger partial charge in [0.2, 0.25) is 0 Å². The van der Waals surface area contributed by atoms with E-state index < -0.39 is 0 Å². The van der Waals surface area contributed by atoms with E-state index in [0.717, 1.165) is 50.7 Å². The highest BCUT2D eigenvalue weighted by Crippen LogP contribution is 2.19. The average Bonchev–Trinajstić information content (AvgIpc) is 2.46. The molecular weight excluding hydrogens is 230 g/mol. The normalized spacial score (nSPS) is 16.9. The lowest BCUT2D eigenvalue weighted by molar-refractivity contribution is 0.215. The lowest BCUT2D eigenvalue weighted by Crippen LogP contribution is -2.47. The molecular formula is C13H21N3O2. The van der Waals surface area contributed by atoms with E-state index in [9.17, 15) is 0 Å². The van der Waals surface area contributed by atoms with Gasteiger partial charge in [-0.3, -0.25) is 4.90 Å². The fourth-order valence-electron chi connectivity index (χ4n) is 2.19. The smallest absolute Gasteiger partial charge is 0.132 e. The van der Waals surface area contributed by atoms with Gasteiger partial charge in [-0.15, -0.1) is 0 Å². The first-order valence-corrected chi connectivity index (χ1v) is 6.41. The Bertz CT molecular complexity index is 365. The number of rotatable bonds is 5. The summed E-state index contributed by atoms with van der Waals surface area (Å²) in [6.07, 6.45) is 2.64. The van der Waals surface area contributed by atoms with Crippen LogP contribution in [0.15, 0.2) is 18.3 Å². The Morgan fingerprint density at radius 2 is 2.11 bits per heavy atom. The molecule has 1 fully saturated rings. The first kappa shape index (κ1) is 13.1. The summed E-state index contributed by atoms with van der Waals surface area (Å²) in [5.74, 6) is 1.83. The van der Waals surface area contributed by atoms with Gasteiger partial charge in [0.1, 0.15) is 11.6 Å². The highest BCUT2D eigenvalue weighted by molar-refractivity contribution is 5.43. The van der Waals surface area contributed by atoms with Gasteiger partial charge in [0.05, 0.1) is 7.11 Å². The van der Waals surface area contributed by atoms with Crippen molar-refractivity contribution in [1.29, 1.82) is 0 Å². The summed E-state index contributed by atoms with van der Waals surface area (Å²) in [6.45, 7) is 5.27. The average molecular weight is 251 g/mol. The number of nitrogens with zero attached hydrogens (tertiary/aromatic N) is 3. The summed E-state index contributed by atoms with van der Waals surface area (Å²) in [7, 11) is 1.67. The number of hydrogen-bond acceptors (Lipinski definition) is 5. The molecule has 5 nitrogen and oxygen atoms in total. The Kier molecular flexibility index (Phi) is 4.78. The second kappa shape index (κ2) is 6.56. The van der Waals surface area contributed by atoms with Crippen molar-refractivity contribution in [2.75, 3.05) is 51.3 Å². The Hall–Kier alpha value is -1.33. The van der Waals surface area contributed by atoms with Crippen LogP contribution in [0.25, 0.3) is 0 Å². The van der Waals surface area contributed by atoms with Gasteiger partial charge < -0.3 is 14.7 Å². The van der Waals surface area contributed by atoms with Crippen LogP contribution in [-0.2, 0) is 0 Å². The molecule has 0 saturated carbocycles. The zero-order chi connectivity index (χ0) is 12.8. The van der Waals surface area contributed by atoms with E-state index in [4.69, 9.17) is 9.84 Å². The molecule has 5 heteroatoms. The lowest BCUT2D eigenvalue weighted by Gasteiger charge is -2.35. The third-order valence-electron chi connectivity index (χ3n) is 3.28. The quantitative estimate of drug-likeness (QED) is 0.830.